The van der Waals surface area contributed by atoms with Gasteiger partial charge in [0.05, 0.1) is 0 Å². The van der Waals surface area contributed by atoms with Crippen molar-refractivity contribution in [3.63, 3.8) is 0 Å². The Labute approximate surface area is 114 Å². The van der Waals surface area contributed by atoms with E-state index in [0.717, 1.165) is 26.1 Å². The summed E-state index contributed by atoms with van der Waals surface area (Å²) in [5.41, 5.74) is 8.51. The maximum atomic E-state index is 8.81. The Bertz CT molecular complexity index is 593. The zero-order valence-electron chi connectivity index (χ0n) is 10.0. The van der Waals surface area contributed by atoms with E-state index in [0.29, 0.717) is 0 Å². The summed E-state index contributed by atoms with van der Waals surface area (Å²) in [6.07, 6.45) is 0. The van der Waals surface area contributed by atoms with Crippen LogP contribution in [0.2, 0.25) is 0 Å². The number of nitrogens with zero attached hydrogens (tertiary/aromatic N) is 2. The fraction of sp³-hybridized carbons (Fsp3) is 0.167. The molecule has 0 saturated heterocycles. The van der Waals surface area contributed by atoms with Gasteiger partial charge in [0.15, 0.2) is 10.2 Å². The summed E-state index contributed by atoms with van der Waals surface area (Å²) in [7, 11) is 0. The highest BCUT2D eigenvalue weighted by molar-refractivity contribution is 8.01. The van der Waals surface area contributed by atoms with Crippen LogP contribution in [0.3, 0.4) is 0 Å². The monoisotopic (exact) mass is 279 g/mol. The maximum Gasteiger partial charge on any atom is 0.171 e. The quantitative estimate of drug-likeness (QED) is 0.392. The van der Waals surface area contributed by atoms with Gasteiger partial charge in [0, 0.05) is 21.5 Å². The fourth-order valence-corrected chi connectivity index (χ4v) is 3.49. The fourth-order valence-electron chi connectivity index (χ4n) is 1.51. The predicted molar refractivity (Wildman–Crippen MR) is 74.7 cm³/mol. The molecule has 0 aliphatic rings. The summed E-state index contributed by atoms with van der Waals surface area (Å²) >= 11 is 3.13. The first-order valence-electron chi connectivity index (χ1n) is 5.29. The van der Waals surface area contributed by atoms with Gasteiger partial charge in [-0.1, -0.05) is 29.1 Å². The van der Waals surface area contributed by atoms with E-state index in [1.807, 2.05) is 37.4 Å². The van der Waals surface area contributed by atoms with Gasteiger partial charge in [-0.3, -0.25) is 0 Å². The van der Waals surface area contributed by atoms with Gasteiger partial charge >= 0.3 is 0 Å². The Hall–Kier alpha value is -1.53. The minimum absolute atomic E-state index is 0.120. The van der Waals surface area contributed by atoms with Gasteiger partial charge in [-0.15, -0.1) is 11.3 Å². The molecule has 0 bridgehead atoms. The smallest absolute Gasteiger partial charge is 0.171 e. The van der Waals surface area contributed by atoms with Gasteiger partial charge in [-0.25, -0.2) is 4.98 Å². The van der Waals surface area contributed by atoms with Gasteiger partial charge in [0.2, 0.25) is 0 Å². The molecule has 0 fully saturated rings. The summed E-state index contributed by atoms with van der Waals surface area (Å²) in [6.45, 7) is 3.96. The Kier molecular flexibility index (Phi) is 3.88. The molecule has 0 radical (unpaired) electrons. The standard InChI is InChI=1S/C12H13N3OS2/c1-7-4-3-5-9(11(13)15-16)10(7)18-12-14-8(2)6-17-12/h3-6,16H,1-2H3,(H2,13,15). The number of oxime groups is 1. The van der Waals surface area contributed by atoms with Crippen molar-refractivity contribution in [2.45, 2.75) is 23.1 Å². The van der Waals surface area contributed by atoms with Gasteiger partial charge in [-0.05, 0) is 25.5 Å². The molecule has 0 aliphatic heterocycles. The highest BCUT2D eigenvalue weighted by Gasteiger charge is 2.12. The molecule has 3 N–H and O–H groups in total. The maximum absolute atomic E-state index is 8.81. The average Bonchev–Trinajstić information content (AvgIpc) is 2.76. The van der Waals surface area contributed by atoms with Crippen molar-refractivity contribution in [2.24, 2.45) is 10.9 Å². The Balaban J connectivity index is 2.43. The molecule has 0 spiro atoms. The molecule has 0 atom stereocenters. The van der Waals surface area contributed by atoms with Crippen molar-refractivity contribution in [1.82, 2.24) is 4.98 Å². The summed E-state index contributed by atoms with van der Waals surface area (Å²) < 4.78 is 0.953. The average molecular weight is 279 g/mol. The lowest BCUT2D eigenvalue weighted by Gasteiger charge is -2.09. The summed E-state index contributed by atoms with van der Waals surface area (Å²) in [5, 5.41) is 13.9. The molecule has 0 unspecified atom stereocenters. The van der Waals surface area contributed by atoms with Crippen molar-refractivity contribution in [3.05, 3.63) is 40.4 Å². The van der Waals surface area contributed by atoms with Crippen LogP contribution in [0.15, 0.2) is 38.0 Å². The van der Waals surface area contributed by atoms with Crippen molar-refractivity contribution in [3.8, 4) is 0 Å². The number of aryl methyl sites for hydroxylation is 2. The number of hydrogen-bond donors (Lipinski definition) is 2. The first-order chi connectivity index (χ1) is 8.61. The van der Waals surface area contributed by atoms with Crippen LogP contribution < -0.4 is 5.73 Å². The molecular weight excluding hydrogens is 266 g/mol. The van der Waals surface area contributed by atoms with E-state index in [1.54, 1.807) is 23.1 Å². The summed E-state index contributed by atoms with van der Waals surface area (Å²) in [4.78, 5) is 5.39. The highest BCUT2D eigenvalue weighted by Crippen LogP contribution is 2.34. The molecule has 4 nitrogen and oxygen atoms in total. The first kappa shape index (κ1) is 12.9. The minimum Gasteiger partial charge on any atom is -0.409 e. The third-order valence-electron chi connectivity index (χ3n) is 2.38. The van der Waals surface area contributed by atoms with Crippen LogP contribution in [-0.4, -0.2) is 16.0 Å². The lowest BCUT2D eigenvalue weighted by molar-refractivity contribution is 0.318. The second-order valence-electron chi connectivity index (χ2n) is 3.79. The number of thiazole rings is 1. The molecule has 18 heavy (non-hydrogen) atoms. The number of hydrogen-bond acceptors (Lipinski definition) is 5. The molecule has 1 aromatic heterocycles. The van der Waals surface area contributed by atoms with Gasteiger partial charge in [0.1, 0.15) is 0 Å². The van der Waals surface area contributed by atoms with E-state index >= 15 is 0 Å². The SMILES string of the molecule is Cc1csc(Sc2c(C)cccc2/C(N)=N/O)n1. The normalized spacial score (nSPS) is 11.8. The van der Waals surface area contributed by atoms with Gasteiger partial charge < -0.3 is 10.9 Å². The molecule has 1 aromatic carbocycles. The second-order valence-corrected chi connectivity index (χ2v) is 5.91. The number of amidine groups is 1. The Morgan fingerprint density at radius 1 is 1.44 bits per heavy atom. The van der Waals surface area contributed by atoms with Crippen LogP contribution in [-0.2, 0) is 0 Å². The van der Waals surface area contributed by atoms with E-state index < -0.39 is 0 Å². The molecule has 0 aliphatic carbocycles. The topological polar surface area (TPSA) is 71.5 Å². The largest absolute Gasteiger partial charge is 0.409 e. The van der Waals surface area contributed by atoms with Crippen LogP contribution in [0.1, 0.15) is 16.8 Å². The predicted octanol–water partition coefficient (Wildman–Crippen LogP) is 3.01. The summed E-state index contributed by atoms with van der Waals surface area (Å²) in [6, 6.07) is 5.72. The van der Waals surface area contributed by atoms with Crippen LogP contribution >= 0.6 is 23.1 Å². The lowest BCUT2D eigenvalue weighted by atomic mass is 10.1. The van der Waals surface area contributed by atoms with Crippen molar-refractivity contribution >= 4 is 28.9 Å². The zero-order chi connectivity index (χ0) is 13.1. The highest BCUT2D eigenvalue weighted by atomic mass is 32.2. The summed E-state index contributed by atoms with van der Waals surface area (Å²) in [5.74, 6) is 0.120. The van der Waals surface area contributed by atoms with E-state index in [1.165, 1.54) is 0 Å². The second kappa shape index (κ2) is 5.41. The molecule has 0 saturated carbocycles. The number of nitrogens with two attached hydrogens (primary N) is 1. The van der Waals surface area contributed by atoms with Crippen molar-refractivity contribution in [1.29, 1.82) is 0 Å². The van der Waals surface area contributed by atoms with Gasteiger partial charge in [-0.2, -0.15) is 0 Å². The van der Waals surface area contributed by atoms with Crippen LogP contribution in [0.25, 0.3) is 0 Å². The minimum atomic E-state index is 0.120. The molecule has 1 heterocycles. The van der Waals surface area contributed by atoms with Gasteiger partial charge in [0.25, 0.3) is 0 Å². The third kappa shape index (κ3) is 2.65. The molecule has 2 aromatic rings. The van der Waals surface area contributed by atoms with E-state index in [4.69, 9.17) is 10.9 Å². The Morgan fingerprint density at radius 3 is 2.83 bits per heavy atom. The molecule has 0 amide bonds. The molecule has 6 heteroatoms. The van der Waals surface area contributed by atoms with Crippen molar-refractivity contribution < 1.29 is 5.21 Å². The van der Waals surface area contributed by atoms with E-state index in [2.05, 4.69) is 10.1 Å². The number of benzene rings is 1. The van der Waals surface area contributed by atoms with Crippen LogP contribution in [0, 0.1) is 13.8 Å². The molecule has 2 rings (SSSR count). The zero-order valence-corrected chi connectivity index (χ0v) is 11.7. The van der Waals surface area contributed by atoms with Crippen molar-refractivity contribution in [2.75, 3.05) is 0 Å². The first-order valence-corrected chi connectivity index (χ1v) is 6.99. The number of rotatable bonds is 3. The van der Waals surface area contributed by atoms with E-state index in [-0.39, 0.29) is 5.84 Å². The molecular formula is C12H13N3OS2. The van der Waals surface area contributed by atoms with E-state index in [9.17, 15) is 0 Å². The lowest BCUT2D eigenvalue weighted by Crippen LogP contribution is -2.14. The Morgan fingerprint density at radius 2 is 2.22 bits per heavy atom. The number of aromatic nitrogens is 1. The van der Waals surface area contributed by atoms with Crippen LogP contribution in [0.4, 0.5) is 0 Å². The van der Waals surface area contributed by atoms with Crippen LogP contribution in [0.5, 0.6) is 0 Å². The molecule has 94 valence electrons. The third-order valence-corrected chi connectivity index (χ3v) is 4.69.